The average Bonchev–Trinajstić information content (AvgIpc) is 3.52. The molecule has 0 aliphatic heterocycles. The van der Waals surface area contributed by atoms with Crippen molar-refractivity contribution in [2.24, 2.45) is 15.7 Å². The van der Waals surface area contributed by atoms with Crippen LogP contribution in [0.5, 0.6) is 0 Å². The van der Waals surface area contributed by atoms with E-state index in [1.54, 1.807) is 0 Å². The largest absolute Gasteiger partial charge is 0.383 e. The smallest absolute Gasteiger partial charge is 0.157 e. The van der Waals surface area contributed by atoms with Gasteiger partial charge in [-0.2, -0.15) is 0 Å². The minimum Gasteiger partial charge on any atom is -0.383 e. The molecule has 0 saturated heterocycles. The van der Waals surface area contributed by atoms with E-state index in [2.05, 4.69) is 114 Å². The summed E-state index contributed by atoms with van der Waals surface area (Å²) in [6.45, 7) is 0.451. The fraction of sp³-hybridized carbons (Fsp3) is 0.0638. The molecule has 4 heteroatoms. The summed E-state index contributed by atoms with van der Waals surface area (Å²) in [7, 11) is 0. The molecule has 8 aromatic rings. The number of fused-ring (bicyclic) bond motifs is 5. The number of allylic oxidation sites excluding steroid dienone is 1. The number of amidine groups is 2. The molecule has 1 heterocycles. The highest BCUT2D eigenvalue weighted by atomic mass is 15.0. The second kappa shape index (κ2) is 13.1. The number of aromatic nitrogens is 1. The Morgan fingerprint density at radius 1 is 0.627 bits per heavy atom. The van der Waals surface area contributed by atoms with E-state index in [4.69, 9.17) is 15.7 Å². The molecule has 244 valence electrons. The summed E-state index contributed by atoms with van der Waals surface area (Å²) in [6, 6.07) is 55.4. The SMILES string of the molecule is NC(=NC(=NCc1ccc2ccccc2c1-c1ccc(-n2c3c(c4cc5ccccc5cc42)C=CCC3)cc1)c1ccccc1)c1ccccc1. The summed E-state index contributed by atoms with van der Waals surface area (Å²) in [5, 5.41) is 6.24. The number of nitrogens with two attached hydrogens (primary N) is 1. The normalized spacial score (nSPS) is 13.3. The van der Waals surface area contributed by atoms with E-state index in [1.165, 1.54) is 55.0 Å². The Bertz CT molecular complexity index is 2640. The predicted molar refractivity (Wildman–Crippen MR) is 215 cm³/mol. The van der Waals surface area contributed by atoms with Crippen LogP contribution < -0.4 is 5.73 Å². The first-order valence-electron chi connectivity index (χ1n) is 17.5. The summed E-state index contributed by atoms with van der Waals surface area (Å²) in [6.07, 6.45) is 6.68. The van der Waals surface area contributed by atoms with Crippen LogP contribution in [0.15, 0.2) is 174 Å². The molecule has 0 fully saturated rings. The number of nitrogens with zero attached hydrogens (tertiary/aromatic N) is 3. The van der Waals surface area contributed by atoms with Crippen molar-refractivity contribution in [1.82, 2.24) is 4.57 Å². The third-order valence-electron chi connectivity index (χ3n) is 9.96. The monoisotopic (exact) mass is 656 g/mol. The van der Waals surface area contributed by atoms with Gasteiger partial charge in [0.15, 0.2) is 5.84 Å². The van der Waals surface area contributed by atoms with Crippen molar-refractivity contribution in [1.29, 1.82) is 0 Å². The van der Waals surface area contributed by atoms with E-state index in [1.807, 2.05) is 60.7 Å². The van der Waals surface area contributed by atoms with Gasteiger partial charge in [0.25, 0.3) is 0 Å². The number of benzene rings is 7. The molecule has 0 atom stereocenters. The molecule has 1 aromatic heterocycles. The fourth-order valence-electron chi connectivity index (χ4n) is 7.49. The van der Waals surface area contributed by atoms with Gasteiger partial charge in [-0.3, -0.25) is 4.99 Å². The van der Waals surface area contributed by atoms with Gasteiger partial charge < -0.3 is 10.3 Å². The van der Waals surface area contributed by atoms with Gasteiger partial charge in [0, 0.05) is 33.5 Å². The van der Waals surface area contributed by atoms with Gasteiger partial charge in [0.2, 0.25) is 0 Å². The van der Waals surface area contributed by atoms with Gasteiger partial charge in [0.1, 0.15) is 5.84 Å². The van der Waals surface area contributed by atoms with Crippen LogP contribution >= 0.6 is 0 Å². The molecule has 1 aliphatic rings. The lowest BCUT2D eigenvalue weighted by Gasteiger charge is -2.16. The summed E-state index contributed by atoms with van der Waals surface area (Å²) < 4.78 is 2.47. The quantitative estimate of drug-likeness (QED) is 0.141. The molecule has 0 saturated carbocycles. The third kappa shape index (κ3) is 5.71. The standard InChI is InChI=1S/C47H36N4/c48-46(34-14-3-1-4-15-34)50-47(35-16-5-2-6-17-35)49-31-38-24-23-32-13-9-10-20-40(32)45(38)33-25-27-39(28-26-33)51-43-22-12-11-21-41(43)42-29-36-18-7-8-19-37(36)30-44(42)51/h1-11,13-21,23-30H,12,22,31H2,(H2,48,49,50). The first kappa shape index (κ1) is 30.5. The maximum Gasteiger partial charge on any atom is 0.157 e. The summed E-state index contributed by atoms with van der Waals surface area (Å²) in [5.41, 5.74) is 16.9. The molecule has 0 spiro atoms. The van der Waals surface area contributed by atoms with Crippen LogP contribution in [-0.2, 0) is 13.0 Å². The number of hydrogen-bond acceptors (Lipinski definition) is 1. The van der Waals surface area contributed by atoms with Gasteiger partial charge in [0.05, 0.1) is 12.1 Å². The van der Waals surface area contributed by atoms with Crippen molar-refractivity contribution in [3.05, 3.63) is 192 Å². The fourth-order valence-corrected chi connectivity index (χ4v) is 7.49. The average molecular weight is 657 g/mol. The topological polar surface area (TPSA) is 55.7 Å². The highest BCUT2D eigenvalue weighted by Gasteiger charge is 2.20. The van der Waals surface area contributed by atoms with Crippen LogP contribution in [0.4, 0.5) is 0 Å². The van der Waals surface area contributed by atoms with Crippen molar-refractivity contribution < 1.29 is 0 Å². The Morgan fingerprint density at radius 2 is 1.29 bits per heavy atom. The molecule has 4 nitrogen and oxygen atoms in total. The maximum atomic E-state index is 6.52. The van der Waals surface area contributed by atoms with E-state index in [0.717, 1.165) is 35.1 Å². The van der Waals surface area contributed by atoms with E-state index >= 15 is 0 Å². The number of aliphatic imine (C=N–C) groups is 2. The highest BCUT2D eigenvalue weighted by Crippen LogP contribution is 2.38. The van der Waals surface area contributed by atoms with Crippen LogP contribution in [0.25, 0.3) is 55.3 Å². The highest BCUT2D eigenvalue weighted by molar-refractivity contribution is 6.11. The Balaban J connectivity index is 1.15. The summed E-state index contributed by atoms with van der Waals surface area (Å²) in [5.74, 6) is 1.05. The zero-order valence-corrected chi connectivity index (χ0v) is 28.2. The molecule has 2 N–H and O–H groups in total. The van der Waals surface area contributed by atoms with E-state index in [-0.39, 0.29) is 0 Å². The Hall–Kier alpha value is -6.52. The Labute approximate surface area is 297 Å². The Kier molecular flexibility index (Phi) is 7.82. The first-order valence-corrected chi connectivity index (χ1v) is 17.5. The molecule has 51 heavy (non-hydrogen) atoms. The van der Waals surface area contributed by atoms with Gasteiger partial charge in [-0.25, -0.2) is 4.99 Å². The van der Waals surface area contributed by atoms with Gasteiger partial charge in [-0.05, 0) is 75.3 Å². The van der Waals surface area contributed by atoms with Gasteiger partial charge >= 0.3 is 0 Å². The Morgan fingerprint density at radius 3 is 2.06 bits per heavy atom. The lowest BCUT2D eigenvalue weighted by atomic mass is 9.93. The molecule has 0 amide bonds. The zero-order chi connectivity index (χ0) is 34.1. The summed E-state index contributed by atoms with van der Waals surface area (Å²) in [4.78, 5) is 9.98. The number of hydrogen-bond donors (Lipinski definition) is 1. The van der Waals surface area contributed by atoms with Crippen molar-refractivity contribution in [2.45, 2.75) is 19.4 Å². The molecule has 1 aliphatic carbocycles. The first-order chi connectivity index (χ1) is 25.2. The maximum absolute atomic E-state index is 6.52. The molecule has 7 aromatic carbocycles. The van der Waals surface area contributed by atoms with Crippen molar-refractivity contribution in [3.8, 4) is 16.8 Å². The zero-order valence-electron chi connectivity index (χ0n) is 28.2. The van der Waals surface area contributed by atoms with Crippen LogP contribution in [0.3, 0.4) is 0 Å². The molecule has 9 rings (SSSR count). The molecule has 0 radical (unpaired) electrons. The van der Waals surface area contributed by atoms with Gasteiger partial charge in [-0.1, -0.05) is 146 Å². The second-order valence-electron chi connectivity index (χ2n) is 13.1. The lowest BCUT2D eigenvalue weighted by Crippen LogP contribution is -2.16. The van der Waals surface area contributed by atoms with Crippen LogP contribution in [-0.4, -0.2) is 16.2 Å². The minimum absolute atomic E-state index is 0.440. The predicted octanol–water partition coefficient (Wildman–Crippen LogP) is 10.9. The van der Waals surface area contributed by atoms with Crippen LogP contribution in [0.1, 0.15) is 34.4 Å². The lowest BCUT2D eigenvalue weighted by molar-refractivity contribution is 0.889. The van der Waals surface area contributed by atoms with E-state index in [9.17, 15) is 0 Å². The summed E-state index contributed by atoms with van der Waals surface area (Å²) >= 11 is 0. The van der Waals surface area contributed by atoms with E-state index < -0.39 is 0 Å². The van der Waals surface area contributed by atoms with Crippen LogP contribution in [0.2, 0.25) is 0 Å². The van der Waals surface area contributed by atoms with Crippen LogP contribution in [0, 0.1) is 0 Å². The minimum atomic E-state index is 0.440. The molecule has 0 unspecified atom stereocenters. The van der Waals surface area contributed by atoms with Crippen molar-refractivity contribution in [2.75, 3.05) is 0 Å². The molecule has 0 bridgehead atoms. The molecular weight excluding hydrogens is 621 g/mol. The molecular formula is C47H36N4. The van der Waals surface area contributed by atoms with Gasteiger partial charge in [-0.15, -0.1) is 0 Å². The van der Waals surface area contributed by atoms with E-state index in [0.29, 0.717) is 18.2 Å². The third-order valence-corrected chi connectivity index (χ3v) is 9.96. The second-order valence-corrected chi connectivity index (χ2v) is 13.1. The van der Waals surface area contributed by atoms with Crippen molar-refractivity contribution >= 4 is 50.2 Å². The van der Waals surface area contributed by atoms with Crippen molar-refractivity contribution in [3.63, 3.8) is 0 Å². The number of rotatable bonds is 6.